The van der Waals surface area contributed by atoms with Gasteiger partial charge in [-0.05, 0) is 62.4 Å². The fourth-order valence-corrected chi connectivity index (χ4v) is 3.24. The molecule has 0 spiro atoms. The summed E-state index contributed by atoms with van der Waals surface area (Å²) in [5, 5.41) is 7.45. The summed E-state index contributed by atoms with van der Waals surface area (Å²) in [6.45, 7) is 11.3. The topological polar surface area (TPSA) is 73.2 Å². The Balaban J connectivity index is 2.28. The fourth-order valence-electron chi connectivity index (χ4n) is 3.24. The SMILES string of the molecule is CCOC(=O)c1cc(C(CC)CC)n(-c2ccc(C(=O)NCCC(C)C)cc2)n1. The second-order valence-electron chi connectivity index (χ2n) is 7.59. The maximum Gasteiger partial charge on any atom is 0.358 e. The molecule has 0 unspecified atom stereocenters. The molecule has 1 amide bonds. The summed E-state index contributed by atoms with van der Waals surface area (Å²) < 4.78 is 6.91. The maximum atomic E-state index is 12.3. The standard InChI is InChI=1S/C23H33N3O3/c1-6-17(7-2)21-15-20(23(28)29-8-3)25-26(21)19-11-9-18(10-12-19)22(27)24-14-13-16(4)5/h9-12,15-17H,6-8,13-14H2,1-5H3,(H,24,27). The van der Waals surface area contributed by atoms with Crippen molar-refractivity contribution in [3.8, 4) is 5.69 Å². The number of esters is 1. The predicted octanol–water partition coefficient (Wildman–Crippen LogP) is 4.73. The van der Waals surface area contributed by atoms with Gasteiger partial charge in [0.1, 0.15) is 0 Å². The average Bonchev–Trinajstić information content (AvgIpc) is 3.14. The molecular weight excluding hydrogens is 366 g/mol. The molecule has 158 valence electrons. The van der Waals surface area contributed by atoms with Crippen LogP contribution in [0.1, 0.15) is 86.3 Å². The Morgan fingerprint density at radius 3 is 2.31 bits per heavy atom. The van der Waals surface area contributed by atoms with E-state index in [4.69, 9.17) is 4.74 Å². The van der Waals surface area contributed by atoms with Crippen molar-refractivity contribution in [1.29, 1.82) is 0 Å². The third kappa shape index (κ3) is 5.92. The van der Waals surface area contributed by atoms with Gasteiger partial charge in [-0.1, -0.05) is 27.7 Å². The van der Waals surface area contributed by atoms with Crippen molar-refractivity contribution in [1.82, 2.24) is 15.1 Å². The van der Waals surface area contributed by atoms with Crippen LogP contribution in [0.15, 0.2) is 30.3 Å². The molecule has 6 heteroatoms. The van der Waals surface area contributed by atoms with Gasteiger partial charge in [0.15, 0.2) is 5.69 Å². The summed E-state index contributed by atoms with van der Waals surface area (Å²) in [5.74, 6) is 0.337. The second kappa shape index (κ2) is 10.8. The Bertz CT molecular complexity index is 805. The third-order valence-electron chi connectivity index (χ3n) is 5.01. The van der Waals surface area contributed by atoms with Crippen LogP contribution in [0.2, 0.25) is 0 Å². The first-order valence-electron chi connectivity index (χ1n) is 10.6. The van der Waals surface area contributed by atoms with Gasteiger partial charge in [0, 0.05) is 23.7 Å². The van der Waals surface area contributed by atoms with E-state index in [1.807, 2.05) is 18.2 Å². The second-order valence-corrected chi connectivity index (χ2v) is 7.59. The van der Waals surface area contributed by atoms with Gasteiger partial charge in [-0.25, -0.2) is 9.48 Å². The molecule has 29 heavy (non-hydrogen) atoms. The summed E-state index contributed by atoms with van der Waals surface area (Å²) in [4.78, 5) is 24.5. The number of amides is 1. The molecule has 0 saturated heterocycles. The van der Waals surface area contributed by atoms with Gasteiger partial charge in [-0.15, -0.1) is 0 Å². The van der Waals surface area contributed by atoms with Gasteiger partial charge in [0.05, 0.1) is 12.3 Å². The van der Waals surface area contributed by atoms with Crippen molar-refractivity contribution >= 4 is 11.9 Å². The minimum absolute atomic E-state index is 0.0786. The third-order valence-corrected chi connectivity index (χ3v) is 5.01. The first-order chi connectivity index (χ1) is 13.9. The fraction of sp³-hybridized carbons (Fsp3) is 0.522. The molecule has 0 saturated carbocycles. The summed E-state index contributed by atoms with van der Waals surface area (Å²) >= 11 is 0. The summed E-state index contributed by atoms with van der Waals surface area (Å²) in [5.41, 5.74) is 2.72. The Hall–Kier alpha value is -2.63. The number of carbonyl (C=O) groups is 2. The van der Waals surface area contributed by atoms with Crippen molar-refractivity contribution in [2.75, 3.05) is 13.2 Å². The lowest BCUT2D eigenvalue weighted by Gasteiger charge is -2.15. The molecule has 6 nitrogen and oxygen atoms in total. The zero-order valence-electron chi connectivity index (χ0n) is 18.2. The Kier molecular flexibility index (Phi) is 8.43. The molecule has 0 atom stereocenters. The molecule has 0 bridgehead atoms. The highest BCUT2D eigenvalue weighted by molar-refractivity contribution is 5.94. The van der Waals surface area contributed by atoms with Crippen LogP contribution in [0.4, 0.5) is 0 Å². The van der Waals surface area contributed by atoms with Gasteiger partial charge in [0.2, 0.25) is 0 Å². The maximum absolute atomic E-state index is 12.3. The molecule has 2 aromatic rings. The largest absolute Gasteiger partial charge is 0.461 e. The van der Waals surface area contributed by atoms with Crippen molar-refractivity contribution in [3.63, 3.8) is 0 Å². The minimum atomic E-state index is -0.417. The molecule has 1 aromatic carbocycles. The van der Waals surface area contributed by atoms with Crippen molar-refractivity contribution in [3.05, 3.63) is 47.3 Å². The van der Waals surface area contributed by atoms with Crippen LogP contribution < -0.4 is 5.32 Å². The lowest BCUT2D eigenvalue weighted by Crippen LogP contribution is -2.25. The zero-order valence-corrected chi connectivity index (χ0v) is 18.2. The summed E-state index contributed by atoms with van der Waals surface area (Å²) in [6, 6.07) is 9.14. The van der Waals surface area contributed by atoms with E-state index in [2.05, 4.69) is 38.1 Å². The van der Waals surface area contributed by atoms with Crippen LogP contribution in [0.25, 0.3) is 5.69 Å². The lowest BCUT2D eigenvalue weighted by molar-refractivity contribution is 0.0518. The van der Waals surface area contributed by atoms with Gasteiger partial charge in [-0.2, -0.15) is 5.10 Å². The molecule has 1 N–H and O–H groups in total. The molecular formula is C23H33N3O3. The van der Waals surface area contributed by atoms with Crippen LogP contribution in [0.5, 0.6) is 0 Å². The van der Waals surface area contributed by atoms with Crippen LogP contribution in [-0.4, -0.2) is 34.8 Å². The first-order valence-corrected chi connectivity index (χ1v) is 10.6. The van der Waals surface area contributed by atoms with Crippen LogP contribution in [-0.2, 0) is 4.74 Å². The Morgan fingerprint density at radius 1 is 1.10 bits per heavy atom. The highest BCUT2D eigenvalue weighted by Gasteiger charge is 2.21. The number of hydrogen-bond acceptors (Lipinski definition) is 4. The van der Waals surface area contributed by atoms with E-state index in [0.29, 0.717) is 30.3 Å². The number of nitrogens with one attached hydrogen (secondary N) is 1. The van der Waals surface area contributed by atoms with Crippen LogP contribution >= 0.6 is 0 Å². The zero-order chi connectivity index (χ0) is 21.4. The van der Waals surface area contributed by atoms with E-state index in [-0.39, 0.29) is 11.8 Å². The quantitative estimate of drug-likeness (QED) is 0.586. The summed E-state index contributed by atoms with van der Waals surface area (Å²) in [6.07, 6.45) is 2.84. The first kappa shape index (κ1) is 22.7. The highest BCUT2D eigenvalue weighted by atomic mass is 16.5. The van der Waals surface area contributed by atoms with Crippen LogP contribution in [0, 0.1) is 5.92 Å². The monoisotopic (exact) mass is 399 g/mol. The lowest BCUT2D eigenvalue weighted by atomic mass is 9.99. The molecule has 0 fully saturated rings. The van der Waals surface area contributed by atoms with Crippen molar-refractivity contribution in [2.45, 2.75) is 59.8 Å². The van der Waals surface area contributed by atoms with Gasteiger partial charge in [-0.3, -0.25) is 4.79 Å². The van der Waals surface area contributed by atoms with E-state index >= 15 is 0 Å². The van der Waals surface area contributed by atoms with Gasteiger partial charge in [0.25, 0.3) is 5.91 Å². The highest BCUT2D eigenvalue weighted by Crippen LogP contribution is 2.27. The predicted molar refractivity (Wildman–Crippen MR) is 115 cm³/mol. The number of rotatable bonds is 10. The van der Waals surface area contributed by atoms with Crippen LogP contribution in [0.3, 0.4) is 0 Å². The number of ether oxygens (including phenoxy) is 1. The Morgan fingerprint density at radius 2 is 1.76 bits per heavy atom. The molecule has 1 heterocycles. The smallest absolute Gasteiger partial charge is 0.358 e. The summed E-state index contributed by atoms with van der Waals surface area (Å²) in [7, 11) is 0. The normalized spacial score (nSPS) is 11.1. The number of hydrogen-bond donors (Lipinski definition) is 1. The van der Waals surface area contributed by atoms with E-state index in [9.17, 15) is 9.59 Å². The van der Waals surface area contributed by atoms with Crippen molar-refractivity contribution in [2.24, 2.45) is 5.92 Å². The number of aromatic nitrogens is 2. The molecule has 0 aliphatic carbocycles. The number of benzene rings is 1. The van der Waals surface area contributed by atoms with E-state index in [1.165, 1.54) is 0 Å². The van der Waals surface area contributed by atoms with Crippen molar-refractivity contribution < 1.29 is 14.3 Å². The Labute approximate surface area is 173 Å². The number of nitrogens with zero attached hydrogens (tertiary/aromatic N) is 2. The number of carbonyl (C=O) groups excluding carboxylic acids is 2. The van der Waals surface area contributed by atoms with E-state index in [0.717, 1.165) is 30.6 Å². The molecule has 1 aromatic heterocycles. The molecule has 0 aliphatic heterocycles. The van der Waals surface area contributed by atoms with Gasteiger partial charge < -0.3 is 10.1 Å². The minimum Gasteiger partial charge on any atom is -0.461 e. The van der Waals surface area contributed by atoms with E-state index in [1.54, 1.807) is 23.7 Å². The molecule has 2 rings (SSSR count). The molecule has 0 radical (unpaired) electrons. The van der Waals surface area contributed by atoms with Gasteiger partial charge >= 0.3 is 5.97 Å². The average molecular weight is 400 g/mol. The molecule has 0 aliphatic rings. The van der Waals surface area contributed by atoms with E-state index < -0.39 is 5.97 Å².